The van der Waals surface area contributed by atoms with Crippen molar-refractivity contribution in [1.29, 1.82) is 5.41 Å². The molecule has 1 fully saturated rings. The van der Waals surface area contributed by atoms with E-state index in [-0.39, 0.29) is 24.0 Å². The van der Waals surface area contributed by atoms with Crippen LogP contribution in [0.5, 0.6) is 0 Å². The van der Waals surface area contributed by atoms with Gasteiger partial charge in [-0.2, -0.15) is 0 Å². The molecular formula is C30H38Cl2N6O. The second-order valence-electron chi connectivity index (χ2n) is 10.4. The molecule has 0 radical (unpaired) electrons. The van der Waals surface area contributed by atoms with Crippen molar-refractivity contribution in [2.75, 3.05) is 26.2 Å². The third-order valence-corrected chi connectivity index (χ3v) is 8.14. The summed E-state index contributed by atoms with van der Waals surface area (Å²) in [4.78, 5) is 18.1. The van der Waals surface area contributed by atoms with Crippen LogP contribution in [-0.2, 0) is 17.6 Å². The molecule has 1 aliphatic rings. The second-order valence-corrected chi connectivity index (χ2v) is 11.3. The largest absolute Gasteiger partial charge is 0.370 e. The van der Waals surface area contributed by atoms with E-state index < -0.39 is 6.04 Å². The van der Waals surface area contributed by atoms with E-state index in [9.17, 15) is 4.79 Å². The maximum atomic E-state index is 13.6. The van der Waals surface area contributed by atoms with Crippen molar-refractivity contribution in [3.05, 3.63) is 81.8 Å². The first kappa shape index (κ1) is 29.2. The number of nitrogens with zero attached hydrogens (tertiary/aromatic N) is 2. The molecule has 39 heavy (non-hydrogen) atoms. The normalized spacial score (nSPS) is 18.7. The molecule has 3 aromatic rings. The highest BCUT2D eigenvalue weighted by Crippen LogP contribution is 2.25. The Balaban J connectivity index is 1.43. The van der Waals surface area contributed by atoms with E-state index in [1.165, 1.54) is 16.3 Å². The van der Waals surface area contributed by atoms with Gasteiger partial charge in [0.1, 0.15) is 0 Å². The van der Waals surface area contributed by atoms with Gasteiger partial charge in [0.05, 0.1) is 6.04 Å². The van der Waals surface area contributed by atoms with Crippen molar-refractivity contribution < 1.29 is 4.79 Å². The molecule has 0 unspecified atom stereocenters. The van der Waals surface area contributed by atoms with Crippen LogP contribution in [0.25, 0.3) is 10.8 Å². The van der Waals surface area contributed by atoms with E-state index in [0.717, 1.165) is 37.9 Å². The van der Waals surface area contributed by atoms with Crippen molar-refractivity contribution in [3.63, 3.8) is 0 Å². The molecule has 1 amide bonds. The van der Waals surface area contributed by atoms with Crippen LogP contribution in [0.15, 0.2) is 60.7 Å². The fourth-order valence-electron chi connectivity index (χ4n) is 5.38. The van der Waals surface area contributed by atoms with Crippen LogP contribution >= 0.6 is 23.2 Å². The molecule has 9 heteroatoms. The molecular weight excluding hydrogens is 531 g/mol. The first-order chi connectivity index (χ1) is 18.7. The Bertz CT molecular complexity index is 1300. The molecule has 0 saturated carbocycles. The molecule has 0 spiro atoms. The third-order valence-electron chi connectivity index (χ3n) is 7.56. The van der Waals surface area contributed by atoms with Gasteiger partial charge in [0, 0.05) is 48.3 Å². The predicted octanol–water partition coefficient (Wildman–Crippen LogP) is 4.42. The summed E-state index contributed by atoms with van der Waals surface area (Å²) in [5.41, 5.74) is 14.0. The molecule has 3 aromatic carbocycles. The van der Waals surface area contributed by atoms with Gasteiger partial charge in [-0.15, -0.1) is 0 Å². The van der Waals surface area contributed by atoms with Crippen LogP contribution < -0.4 is 16.8 Å². The van der Waals surface area contributed by atoms with Crippen molar-refractivity contribution in [3.8, 4) is 0 Å². The number of nitrogens with one attached hydrogen (secondary N) is 2. The summed E-state index contributed by atoms with van der Waals surface area (Å²) < 4.78 is 0. The number of nitrogens with two attached hydrogens (primary N) is 2. The van der Waals surface area contributed by atoms with Gasteiger partial charge in [-0.1, -0.05) is 71.7 Å². The Morgan fingerprint density at radius 2 is 1.87 bits per heavy atom. The number of halogens is 2. The third kappa shape index (κ3) is 7.85. The number of hydrogen-bond donors (Lipinski definition) is 4. The van der Waals surface area contributed by atoms with Gasteiger partial charge < -0.3 is 21.7 Å². The molecule has 6 N–H and O–H groups in total. The SMILES string of the molecule is C[C@@H]1CN(C(=O)[C@H](N)Cc2ccc(Cl)cc2Cl)[C@@H](CCCNC(=N)N)CN1CCc1ccc2ccccc2c1. The summed E-state index contributed by atoms with van der Waals surface area (Å²) in [5.74, 6) is -0.106. The van der Waals surface area contributed by atoms with Crippen molar-refractivity contribution in [2.24, 2.45) is 11.5 Å². The maximum Gasteiger partial charge on any atom is 0.240 e. The number of benzene rings is 3. The van der Waals surface area contributed by atoms with E-state index in [2.05, 4.69) is 59.6 Å². The Labute approximate surface area is 240 Å². The van der Waals surface area contributed by atoms with Crippen LogP contribution in [0.3, 0.4) is 0 Å². The minimum atomic E-state index is -0.696. The van der Waals surface area contributed by atoms with E-state index in [4.69, 9.17) is 40.1 Å². The molecule has 3 atom stereocenters. The zero-order valence-corrected chi connectivity index (χ0v) is 23.9. The summed E-state index contributed by atoms with van der Waals surface area (Å²) in [6.07, 6.45) is 2.87. The number of piperazine rings is 1. The fourth-order valence-corrected chi connectivity index (χ4v) is 5.86. The lowest BCUT2D eigenvalue weighted by Gasteiger charge is -2.46. The Morgan fingerprint density at radius 1 is 1.10 bits per heavy atom. The van der Waals surface area contributed by atoms with E-state index in [0.29, 0.717) is 29.6 Å². The van der Waals surface area contributed by atoms with Crippen LogP contribution in [0.2, 0.25) is 10.0 Å². The Kier molecular flexibility index (Phi) is 10.1. The van der Waals surface area contributed by atoms with Gasteiger partial charge in [0.15, 0.2) is 5.96 Å². The van der Waals surface area contributed by atoms with Gasteiger partial charge in [0.25, 0.3) is 0 Å². The number of fused-ring (bicyclic) bond motifs is 1. The van der Waals surface area contributed by atoms with E-state index in [1.807, 2.05) is 11.0 Å². The maximum absolute atomic E-state index is 13.6. The smallest absolute Gasteiger partial charge is 0.240 e. The quantitative estimate of drug-likeness (QED) is 0.164. The molecule has 7 nitrogen and oxygen atoms in total. The minimum absolute atomic E-state index is 0.0193. The van der Waals surface area contributed by atoms with Gasteiger partial charge in [-0.25, -0.2) is 0 Å². The molecule has 208 valence electrons. The number of rotatable bonds is 10. The first-order valence-corrected chi connectivity index (χ1v) is 14.3. The fraction of sp³-hybridized carbons (Fsp3) is 0.400. The second kappa shape index (κ2) is 13.5. The number of hydrogen-bond acceptors (Lipinski definition) is 4. The number of amides is 1. The van der Waals surface area contributed by atoms with Crippen LogP contribution in [0, 0.1) is 5.41 Å². The van der Waals surface area contributed by atoms with Gasteiger partial charge in [-0.3, -0.25) is 15.1 Å². The predicted molar refractivity (Wildman–Crippen MR) is 161 cm³/mol. The number of carbonyl (C=O) groups excluding carboxylic acids is 1. The molecule has 0 aliphatic carbocycles. The van der Waals surface area contributed by atoms with Crippen LogP contribution in [0.4, 0.5) is 0 Å². The molecule has 4 rings (SSSR count). The molecule has 1 aliphatic heterocycles. The molecule has 0 bridgehead atoms. The van der Waals surface area contributed by atoms with Crippen molar-refractivity contribution >= 4 is 45.8 Å². The van der Waals surface area contributed by atoms with Gasteiger partial charge >= 0.3 is 0 Å². The summed E-state index contributed by atoms with van der Waals surface area (Å²) in [5, 5.41) is 13.9. The molecule has 1 saturated heterocycles. The summed E-state index contributed by atoms with van der Waals surface area (Å²) in [7, 11) is 0. The monoisotopic (exact) mass is 568 g/mol. The summed E-state index contributed by atoms with van der Waals surface area (Å²) in [6, 6.07) is 19.9. The number of guanidine groups is 1. The zero-order valence-electron chi connectivity index (χ0n) is 22.4. The highest BCUT2D eigenvalue weighted by atomic mass is 35.5. The van der Waals surface area contributed by atoms with Crippen LogP contribution in [-0.4, -0.2) is 66.0 Å². The number of carbonyl (C=O) groups is 1. The van der Waals surface area contributed by atoms with E-state index >= 15 is 0 Å². The lowest BCUT2D eigenvalue weighted by molar-refractivity contribution is -0.139. The standard InChI is InChI=1S/C30H38Cl2N6O/c1-20-18-38(29(39)28(33)16-24-10-11-25(31)17-27(24)32)26(7-4-13-36-30(34)35)19-37(20)14-12-21-8-9-22-5-2-3-6-23(22)15-21/h2-3,5-6,8-11,15,17,20,26,28H,4,7,12-14,16,18-19,33H2,1H3,(H4,34,35,36)/t20-,26+,28-/m1/s1. The van der Waals surface area contributed by atoms with E-state index in [1.54, 1.807) is 12.1 Å². The topological polar surface area (TPSA) is 111 Å². The van der Waals surface area contributed by atoms with Crippen LogP contribution in [0.1, 0.15) is 30.9 Å². The van der Waals surface area contributed by atoms with Gasteiger partial charge in [-0.05, 0) is 66.6 Å². The average Bonchev–Trinajstić information content (AvgIpc) is 2.91. The van der Waals surface area contributed by atoms with Crippen molar-refractivity contribution in [2.45, 2.75) is 50.7 Å². The highest BCUT2D eigenvalue weighted by Gasteiger charge is 2.36. The Hall–Kier alpha value is -2.84. The van der Waals surface area contributed by atoms with Gasteiger partial charge in [0.2, 0.25) is 5.91 Å². The Morgan fingerprint density at radius 3 is 2.62 bits per heavy atom. The highest BCUT2D eigenvalue weighted by molar-refractivity contribution is 6.35. The summed E-state index contributed by atoms with van der Waals surface area (Å²) in [6.45, 7) is 5.07. The lowest BCUT2D eigenvalue weighted by Crippen LogP contribution is -2.62. The first-order valence-electron chi connectivity index (χ1n) is 13.5. The molecule has 0 aromatic heterocycles. The summed E-state index contributed by atoms with van der Waals surface area (Å²) >= 11 is 12.4. The molecule has 1 heterocycles. The average molecular weight is 570 g/mol. The minimum Gasteiger partial charge on any atom is -0.370 e. The van der Waals surface area contributed by atoms with Crippen molar-refractivity contribution in [1.82, 2.24) is 15.1 Å². The zero-order chi connectivity index (χ0) is 27.9. The lowest BCUT2D eigenvalue weighted by atomic mass is 9.98.